The molecule has 0 aliphatic rings. The maximum Gasteiger partial charge on any atom is 0.142 e. The summed E-state index contributed by atoms with van der Waals surface area (Å²) in [6.07, 6.45) is 5.16. The summed E-state index contributed by atoms with van der Waals surface area (Å²) < 4.78 is 5.25. The quantitative estimate of drug-likeness (QED) is 0.872. The zero-order valence-electron chi connectivity index (χ0n) is 9.92. The number of nitrogens with two attached hydrogens (primary N) is 1. The summed E-state index contributed by atoms with van der Waals surface area (Å²) in [5, 5.41) is 0. The molecule has 0 aromatic carbocycles. The number of nitrogens with zero attached hydrogens (tertiary/aromatic N) is 2. The maximum atomic E-state index is 6.19. The van der Waals surface area contributed by atoms with Crippen LogP contribution in [0, 0.1) is 6.92 Å². The molecule has 4 heteroatoms. The Morgan fingerprint density at radius 1 is 1.24 bits per heavy atom. The molecule has 2 aromatic heterocycles. The first-order valence-electron chi connectivity index (χ1n) is 5.38. The van der Waals surface area contributed by atoms with E-state index in [9.17, 15) is 0 Å². The van der Waals surface area contributed by atoms with Crippen LogP contribution >= 0.6 is 0 Å². The van der Waals surface area contributed by atoms with Gasteiger partial charge in [-0.1, -0.05) is 6.07 Å². The Morgan fingerprint density at radius 2 is 2.06 bits per heavy atom. The minimum atomic E-state index is -0.249. The van der Waals surface area contributed by atoms with E-state index in [0.717, 1.165) is 16.8 Å². The van der Waals surface area contributed by atoms with Crippen LogP contribution in [0.4, 0.5) is 0 Å². The van der Waals surface area contributed by atoms with Gasteiger partial charge in [-0.3, -0.25) is 9.97 Å². The Kier molecular flexibility index (Phi) is 3.35. The van der Waals surface area contributed by atoms with Gasteiger partial charge >= 0.3 is 0 Å². The zero-order valence-corrected chi connectivity index (χ0v) is 9.92. The third-order valence-corrected chi connectivity index (χ3v) is 2.66. The van der Waals surface area contributed by atoms with Crippen molar-refractivity contribution in [3.05, 3.63) is 53.6 Å². The monoisotopic (exact) mass is 229 g/mol. The first-order valence-corrected chi connectivity index (χ1v) is 5.38. The molecular formula is C13H15N3O. The first-order chi connectivity index (χ1) is 8.22. The lowest BCUT2D eigenvalue weighted by molar-refractivity contribution is 0.406. The molecule has 2 rings (SSSR count). The molecular weight excluding hydrogens is 214 g/mol. The van der Waals surface area contributed by atoms with Gasteiger partial charge in [-0.05, 0) is 24.6 Å². The van der Waals surface area contributed by atoms with Crippen molar-refractivity contribution in [2.75, 3.05) is 7.11 Å². The van der Waals surface area contributed by atoms with Gasteiger partial charge in [0, 0.05) is 23.7 Å². The number of aryl methyl sites for hydroxylation is 1. The Balaban J connectivity index is 2.36. The van der Waals surface area contributed by atoms with Gasteiger partial charge in [0.1, 0.15) is 5.75 Å². The smallest absolute Gasteiger partial charge is 0.142 e. The molecule has 0 amide bonds. The highest BCUT2D eigenvalue weighted by Gasteiger charge is 2.13. The second-order valence-electron chi connectivity index (χ2n) is 3.83. The van der Waals surface area contributed by atoms with Crippen LogP contribution < -0.4 is 10.5 Å². The summed E-state index contributed by atoms with van der Waals surface area (Å²) in [5.74, 6) is 0.695. The summed E-state index contributed by atoms with van der Waals surface area (Å²) in [5.41, 5.74) is 9.04. The molecule has 1 unspecified atom stereocenters. The molecule has 17 heavy (non-hydrogen) atoms. The van der Waals surface area contributed by atoms with E-state index in [0.29, 0.717) is 5.75 Å². The number of rotatable bonds is 3. The average molecular weight is 229 g/mol. The van der Waals surface area contributed by atoms with Crippen molar-refractivity contribution in [2.45, 2.75) is 13.0 Å². The molecule has 0 fully saturated rings. The van der Waals surface area contributed by atoms with Crippen LogP contribution in [0.1, 0.15) is 22.9 Å². The number of aromatic nitrogens is 2. The molecule has 2 heterocycles. The Labute approximate surface area is 100 Å². The van der Waals surface area contributed by atoms with E-state index in [-0.39, 0.29) is 6.04 Å². The van der Waals surface area contributed by atoms with Crippen molar-refractivity contribution in [1.29, 1.82) is 0 Å². The largest absolute Gasteiger partial charge is 0.495 e. The van der Waals surface area contributed by atoms with Crippen molar-refractivity contribution < 1.29 is 4.74 Å². The van der Waals surface area contributed by atoms with Crippen LogP contribution in [0.15, 0.2) is 36.8 Å². The second kappa shape index (κ2) is 4.93. The summed E-state index contributed by atoms with van der Waals surface area (Å²) in [7, 11) is 1.61. The molecule has 4 nitrogen and oxygen atoms in total. The summed E-state index contributed by atoms with van der Waals surface area (Å²) in [4.78, 5) is 8.25. The van der Waals surface area contributed by atoms with E-state index in [4.69, 9.17) is 10.5 Å². The molecule has 0 saturated carbocycles. The third kappa shape index (κ3) is 2.42. The van der Waals surface area contributed by atoms with Crippen LogP contribution in [-0.4, -0.2) is 17.1 Å². The van der Waals surface area contributed by atoms with Crippen molar-refractivity contribution in [3.8, 4) is 5.75 Å². The molecule has 2 N–H and O–H groups in total. The fourth-order valence-corrected chi connectivity index (χ4v) is 1.66. The third-order valence-electron chi connectivity index (χ3n) is 2.66. The lowest BCUT2D eigenvalue weighted by Gasteiger charge is -2.15. The summed E-state index contributed by atoms with van der Waals surface area (Å²) in [6, 6.07) is 5.54. The highest BCUT2D eigenvalue weighted by atomic mass is 16.5. The van der Waals surface area contributed by atoms with Crippen molar-refractivity contribution in [3.63, 3.8) is 0 Å². The van der Waals surface area contributed by atoms with Crippen LogP contribution in [0.5, 0.6) is 5.75 Å². The zero-order chi connectivity index (χ0) is 12.3. The maximum absolute atomic E-state index is 6.19. The van der Waals surface area contributed by atoms with Crippen molar-refractivity contribution >= 4 is 0 Å². The molecule has 0 spiro atoms. The minimum absolute atomic E-state index is 0.249. The Bertz CT molecular complexity index is 496. The fourth-order valence-electron chi connectivity index (χ4n) is 1.66. The standard InChI is InChI=1S/C13H15N3O/c1-9-3-4-10(7-16-9)13(14)11-5-6-15-8-12(11)17-2/h3-8,13H,14H2,1-2H3. The topological polar surface area (TPSA) is 61.0 Å². The van der Waals surface area contributed by atoms with Crippen LogP contribution in [0.2, 0.25) is 0 Å². The number of hydrogen-bond donors (Lipinski definition) is 1. The molecule has 0 saturated heterocycles. The Hall–Kier alpha value is -1.94. The number of ether oxygens (including phenoxy) is 1. The van der Waals surface area contributed by atoms with E-state index in [1.54, 1.807) is 25.7 Å². The van der Waals surface area contributed by atoms with Gasteiger partial charge in [0.2, 0.25) is 0 Å². The normalized spacial score (nSPS) is 12.2. The van der Waals surface area contributed by atoms with Gasteiger partial charge in [0.05, 0.1) is 19.3 Å². The van der Waals surface area contributed by atoms with E-state index in [1.165, 1.54) is 0 Å². The molecule has 0 bridgehead atoms. The molecule has 0 aliphatic carbocycles. The highest BCUT2D eigenvalue weighted by Crippen LogP contribution is 2.26. The number of hydrogen-bond acceptors (Lipinski definition) is 4. The number of pyridine rings is 2. The summed E-state index contributed by atoms with van der Waals surface area (Å²) >= 11 is 0. The molecule has 88 valence electrons. The van der Waals surface area contributed by atoms with E-state index < -0.39 is 0 Å². The van der Waals surface area contributed by atoms with E-state index in [1.807, 2.05) is 25.1 Å². The highest BCUT2D eigenvalue weighted by molar-refractivity contribution is 5.38. The lowest BCUT2D eigenvalue weighted by atomic mass is 10.0. The average Bonchev–Trinajstić information content (AvgIpc) is 2.39. The minimum Gasteiger partial charge on any atom is -0.495 e. The molecule has 0 aliphatic heterocycles. The van der Waals surface area contributed by atoms with Crippen LogP contribution in [-0.2, 0) is 0 Å². The molecule has 0 radical (unpaired) electrons. The van der Waals surface area contributed by atoms with E-state index in [2.05, 4.69) is 9.97 Å². The fraction of sp³-hybridized carbons (Fsp3) is 0.231. The van der Waals surface area contributed by atoms with Gasteiger partial charge in [-0.2, -0.15) is 0 Å². The van der Waals surface area contributed by atoms with Gasteiger partial charge in [0.15, 0.2) is 0 Å². The predicted octanol–water partition coefficient (Wildman–Crippen LogP) is 1.84. The van der Waals surface area contributed by atoms with Crippen LogP contribution in [0.3, 0.4) is 0 Å². The van der Waals surface area contributed by atoms with Gasteiger partial charge in [-0.15, -0.1) is 0 Å². The Morgan fingerprint density at radius 3 is 2.71 bits per heavy atom. The summed E-state index contributed by atoms with van der Waals surface area (Å²) in [6.45, 7) is 1.95. The van der Waals surface area contributed by atoms with Gasteiger partial charge in [0.25, 0.3) is 0 Å². The lowest BCUT2D eigenvalue weighted by Crippen LogP contribution is -2.13. The first kappa shape index (κ1) is 11.5. The molecule has 2 aromatic rings. The van der Waals surface area contributed by atoms with Gasteiger partial charge in [-0.25, -0.2) is 0 Å². The SMILES string of the molecule is COc1cnccc1C(N)c1ccc(C)nc1. The van der Waals surface area contributed by atoms with Crippen molar-refractivity contribution in [2.24, 2.45) is 5.73 Å². The number of methoxy groups -OCH3 is 1. The van der Waals surface area contributed by atoms with Crippen molar-refractivity contribution in [1.82, 2.24) is 9.97 Å². The van der Waals surface area contributed by atoms with E-state index >= 15 is 0 Å². The van der Waals surface area contributed by atoms with Gasteiger partial charge < -0.3 is 10.5 Å². The second-order valence-corrected chi connectivity index (χ2v) is 3.83. The molecule has 1 atom stereocenters. The van der Waals surface area contributed by atoms with Crippen LogP contribution in [0.25, 0.3) is 0 Å². The predicted molar refractivity (Wildman–Crippen MR) is 65.8 cm³/mol.